The van der Waals surface area contributed by atoms with E-state index in [1.54, 1.807) is 13.0 Å². The Morgan fingerprint density at radius 2 is 1.56 bits per heavy atom. The largest absolute Gasteiger partial charge is 0.383 e. The lowest BCUT2D eigenvalue weighted by Gasteiger charge is -2.10. The lowest BCUT2D eigenvalue weighted by Crippen LogP contribution is -2.09. The number of benzene rings is 1. The minimum absolute atomic E-state index is 0.149. The van der Waals surface area contributed by atoms with Crippen LogP contribution < -0.4 is 5.32 Å². The van der Waals surface area contributed by atoms with Gasteiger partial charge < -0.3 is 5.32 Å². The quantitative estimate of drug-likeness (QED) is 0.749. The van der Waals surface area contributed by atoms with Crippen molar-refractivity contribution in [3.8, 4) is 0 Å². The zero-order valence-electron chi connectivity index (χ0n) is 11.7. The normalized spacial score (nSPS) is 8.56. The maximum atomic E-state index is 12.8. The highest BCUT2D eigenvalue weighted by Crippen LogP contribution is 2.14. The number of nitrogens with one attached hydrogen (secondary N) is 1. The van der Waals surface area contributed by atoms with Crippen LogP contribution in [0.3, 0.4) is 0 Å². The van der Waals surface area contributed by atoms with Gasteiger partial charge >= 0.3 is 0 Å². The van der Waals surface area contributed by atoms with Crippen LogP contribution in [0.15, 0.2) is 18.2 Å². The Bertz CT molecular complexity index is 269. The highest BCUT2D eigenvalue weighted by atomic mass is 19.1. The van der Waals surface area contributed by atoms with Crippen molar-refractivity contribution in [1.29, 1.82) is 0 Å². The molecule has 0 saturated carbocycles. The Morgan fingerprint density at radius 3 is 1.94 bits per heavy atom. The lowest BCUT2D eigenvalue weighted by atomic mass is 10.2. The van der Waals surface area contributed by atoms with E-state index in [1.165, 1.54) is 6.07 Å². The fourth-order valence-electron chi connectivity index (χ4n) is 1.07. The molecule has 0 radical (unpaired) electrons. The fraction of sp³-hybridized carbons (Fsp3) is 0.571. The summed E-state index contributed by atoms with van der Waals surface area (Å²) < 4.78 is 12.8. The zero-order valence-corrected chi connectivity index (χ0v) is 11.7. The van der Waals surface area contributed by atoms with E-state index in [4.69, 9.17) is 0 Å². The highest BCUT2D eigenvalue weighted by Gasteiger charge is 1.99. The lowest BCUT2D eigenvalue weighted by molar-refractivity contribution is 0.618. The molecule has 0 amide bonds. The van der Waals surface area contributed by atoms with Crippen molar-refractivity contribution in [3.63, 3.8) is 0 Å². The van der Waals surface area contributed by atoms with Crippen LogP contribution in [-0.2, 0) is 0 Å². The molecule has 0 fully saturated rings. The number of anilines is 1. The van der Waals surface area contributed by atoms with Crippen LogP contribution in [0, 0.1) is 12.7 Å². The Morgan fingerprint density at radius 1 is 1.06 bits per heavy atom. The van der Waals surface area contributed by atoms with Crippen LogP contribution in [0.1, 0.15) is 47.1 Å². The van der Waals surface area contributed by atoms with Gasteiger partial charge in [0.25, 0.3) is 0 Å². The Hall–Kier alpha value is -1.05. The van der Waals surface area contributed by atoms with Crippen LogP contribution >= 0.6 is 0 Å². The van der Waals surface area contributed by atoms with Crippen LogP contribution in [-0.4, -0.2) is 6.04 Å². The third-order valence-electron chi connectivity index (χ3n) is 1.61. The molecule has 1 aromatic carbocycles. The average Bonchev–Trinajstić information content (AvgIpc) is 2.28. The molecule has 94 valence electrons. The van der Waals surface area contributed by atoms with E-state index in [1.807, 2.05) is 33.8 Å². The van der Waals surface area contributed by atoms with Gasteiger partial charge in [0.2, 0.25) is 0 Å². The molecule has 1 aromatic rings. The van der Waals surface area contributed by atoms with Crippen LogP contribution in [0.25, 0.3) is 0 Å². The molecule has 0 aliphatic heterocycles. The third kappa shape index (κ3) is 7.27. The molecule has 0 saturated heterocycles. The van der Waals surface area contributed by atoms with Crippen LogP contribution in [0.4, 0.5) is 10.1 Å². The highest BCUT2D eigenvalue weighted by molar-refractivity contribution is 5.46. The van der Waals surface area contributed by atoms with Crippen molar-refractivity contribution in [2.75, 3.05) is 5.32 Å². The maximum absolute atomic E-state index is 12.8. The summed E-state index contributed by atoms with van der Waals surface area (Å²) in [5.41, 5.74) is 1.66. The van der Waals surface area contributed by atoms with Crippen LogP contribution in [0.2, 0.25) is 0 Å². The summed E-state index contributed by atoms with van der Waals surface area (Å²) >= 11 is 0. The fourth-order valence-corrected chi connectivity index (χ4v) is 1.07. The molecule has 1 N–H and O–H groups in total. The number of hydrogen-bond acceptors (Lipinski definition) is 1. The maximum Gasteiger partial charge on any atom is 0.126 e. The van der Waals surface area contributed by atoms with E-state index >= 15 is 0 Å². The SMILES string of the molecule is CC.CC.Cc1cc(NC(C)C)ccc1F. The van der Waals surface area contributed by atoms with Gasteiger partial charge in [-0.2, -0.15) is 0 Å². The topological polar surface area (TPSA) is 12.0 Å². The molecule has 0 bridgehead atoms. The molecule has 0 spiro atoms. The standard InChI is InChI=1S/C10H14FN.2C2H6/c1-7(2)12-9-4-5-10(11)8(3)6-9;2*1-2/h4-7,12H,1-3H3;2*1-2H3. The Balaban J connectivity index is 0. The molecule has 0 aliphatic rings. The summed E-state index contributed by atoms with van der Waals surface area (Å²) in [6.45, 7) is 13.9. The van der Waals surface area contributed by atoms with E-state index in [0.29, 0.717) is 11.6 Å². The van der Waals surface area contributed by atoms with Gasteiger partial charge in [0, 0.05) is 11.7 Å². The van der Waals surface area contributed by atoms with Gasteiger partial charge in [0.1, 0.15) is 5.82 Å². The molecule has 2 heteroatoms. The van der Waals surface area contributed by atoms with Gasteiger partial charge in [-0.1, -0.05) is 27.7 Å². The molecular weight excluding hydrogens is 201 g/mol. The van der Waals surface area contributed by atoms with E-state index < -0.39 is 0 Å². The minimum Gasteiger partial charge on any atom is -0.383 e. The van der Waals surface area contributed by atoms with Crippen molar-refractivity contribution in [2.45, 2.75) is 54.5 Å². The first-order valence-corrected chi connectivity index (χ1v) is 6.12. The van der Waals surface area contributed by atoms with Gasteiger partial charge in [-0.15, -0.1) is 0 Å². The summed E-state index contributed by atoms with van der Waals surface area (Å²) in [4.78, 5) is 0. The van der Waals surface area contributed by atoms with Gasteiger partial charge in [-0.25, -0.2) is 4.39 Å². The minimum atomic E-state index is -0.149. The summed E-state index contributed by atoms with van der Waals surface area (Å²) in [5.74, 6) is -0.149. The Kier molecular flexibility index (Phi) is 11.3. The molecule has 1 nitrogen and oxygen atoms in total. The van der Waals surface area contributed by atoms with Crippen molar-refractivity contribution in [3.05, 3.63) is 29.6 Å². The van der Waals surface area contributed by atoms with Crippen molar-refractivity contribution in [1.82, 2.24) is 0 Å². The van der Waals surface area contributed by atoms with Gasteiger partial charge in [-0.05, 0) is 44.5 Å². The molecule has 0 atom stereocenters. The van der Waals surface area contributed by atoms with Crippen molar-refractivity contribution < 1.29 is 4.39 Å². The molecular formula is C14H26FN. The first-order chi connectivity index (χ1) is 7.59. The number of halogens is 1. The smallest absolute Gasteiger partial charge is 0.126 e. The molecule has 16 heavy (non-hydrogen) atoms. The number of rotatable bonds is 2. The second kappa shape index (κ2) is 10.5. The number of aryl methyl sites for hydroxylation is 1. The Labute approximate surface area is 100 Å². The van der Waals surface area contributed by atoms with Crippen LogP contribution in [0.5, 0.6) is 0 Å². The van der Waals surface area contributed by atoms with E-state index in [0.717, 1.165) is 5.69 Å². The van der Waals surface area contributed by atoms with Crippen molar-refractivity contribution in [2.24, 2.45) is 0 Å². The molecule has 1 rings (SSSR count). The first kappa shape index (κ1) is 17.3. The first-order valence-electron chi connectivity index (χ1n) is 6.12. The summed E-state index contributed by atoms with van der Waals surface area (Å²) in [6.07, 6.45) is 0. The zero-order chi connectivity index (χ0) is 13.1. The van der Waals surface area contributed by atoms with E-state index in [-0.39, 0.29) is 5.82 Å². The molecule has 0 heterocycles. The third-order valence-corrected chi connectivity index (χ3v) is 1.61. The molecule has 0 aromatic heterocycles. The second-order valence-electron chi connectivity index (χ2n) is 3.26. The second-order valence-corrected chi connectivity index (χ2v) is 3.26. The summed E-state index contributed by atoms with van der Waals surface area (Å²) in [6, 6.07) is 5.44. The van der Waals surface area contributed by atoms with E-state index in [9.17, 15) is 4.39 Å². The van der Waals surface area contributed by atoms with Gasteiger partial charge in [0.05, 0.1) is 0 Å². The number of hydrogen-bond donors (Lipinski definition) is 1. The molecule has 0 unspecified atom stereocenters. The van der Waals surface area contributed by atoms with Crippen molar-refractivity contribution >= 4 is 5.69 Å². The summed E-state index contributed by atoms with van der Waals surface area (Å²) in [7, 11) is 0. The predicted molar refractivity (Wildman–Crippen MR) is 72.6 cm³/mol. The molecule has 0 aliphatic carbocycles. The predicted octanol–water partition coefficient (Wildman–Crippen LogP) is 5.01. The average molecular weight is 227 g/mol. The monoisotopic (exact) mass is 227 g/mol. The van der Waals surface area contributed by atoms with Gasteiger partial charge in [-0.3, -0.25) is 0 Å². The summed E-state index contributed by atoms with van der Waals surface area (Å²) in [5, 5.41) is 3.21. The van der Waals surface area contributed by atoms with Gasteiger partial charge in [0.15, 0.2) is 0 Å². The van der Waals surface area contributed by atoms with E-state index in [2.05, 4.69) is 19.2 Å².